The molecule has 2 aromatic carbocycles. The highest BCUT2D eigenvalue weighted by Gasteiger charge is 2.20. The van der Waals surface area contributed by atoms with Crippen molar-refractivity contribution in [3.63, 3.8) is 0 Å². The zero-order valence-corrected chi connectivity index (χ0v) is 18.0. The molecule has 0 atom stereocenters. The summed E-state index contributed by atoms with van der Waals surface area (Å²) in [5.74, 6) is -0.415. The van der Waals surface area contributed by atoms with Gasteiger partial charge in [-0.2, -0.15) is 0 Å². The summed E-state index contributed by atoms with van der Waals surface area (Å²) in [5, 5.41) is 5.66. The second kappa shape index (κ2) is 9.06. The Hall–Kier alpha value is -2.91. The molecule has 2 rings (SSSR count). The van der Waals surface area contributed by atoms with Crippen LogP contribution in [0.3, 0.4) is 0 Å². The number of carbonyl (C=O) groups excluding carboxylic acids is 2. The van der Waals surface area contributed by atoms with Crippen molar-refractivity contribution in [2.45, 2.75) is 11.8 Å². The third kappa shape index (κ3) is 5.55. The van der Waals surface area contributed by atoms with Crippen molar-refractivity contribution in [3.8, 4) is 0 Å². The summed E-state index contributed by atoms with van der Waals surface area (Å²) < 4.78 is 25.9. The number of amides is 2. The molecule has 2 N–H and O–H groups in total. The fourth-order valence-corrected chi connectivity index (χ4v) is 3.67. The fraction of sp³-hybridized carbons (Fsp3) is 0.300. The third-order valence-electron chi connectivity index (χ3n) is 4.22. The molecule has 0 saturated carbocycles. The van der Waals surface area contributed by atoms with E-state index in [4.69, 9.17) is 0 Å². The first-order valence-corrected chi connectivity index (χ1v) is 10.3. The summed E-state index contributed by atoms with van der Waals surface area (Å²) in [6.07, 6.45) is 0. The normalized spacial score (nSPS) is 11.2. The average Bonchev–Trinajstić information content (AvgIpc) is 2.67. The van der Waals surface area contributed by atoms with Crippen LogP contribution in [0.4, 0.5) is 11.4 Å². The molecule has 0 heterocycles. The van der Waals surface area contributed by atoms with Crippen molar-refractivity contribution in [2.75, 3.05) is 45.4 Å². The number of anilines is 2. The Morgan fingerprint density at radius 2 is 1.52 bits per heavy atom. The van der Waals surface area contributed by atoms with Crippen molar-refractivity contribution in [1.82, 2.24) is 9.21 Å². The van der Waals surface area contributed by atoms with Gasteiger partial charge in [-0.25, -0.2) is 12.7 Å². The van der Waals surface area contributed by atoms with E-state index in [0.717, 1.165) is 4.31 Å². The summed E-state index contributed by atoms with van der Waals surface area (Å²) in [6, 6.07) is 11.5. The molecule has 0 fully saturated rings. The molecule has 0 aliphatic heterocycles. The lowest BCUT2D eigenvalue weighted by Gasteiger charge is -2.15. The minimum atomic E-state index is -3.57. The second-order valence-electron chi connectivity index (χ2n) is 6.95. The minimum Gasteiger partial charge on any atom is -0.376 e. The van der Waals surface area contributed by atoms with Crippen LogP contribution in [0.15, 0.2) is 47.4 Å². The molecule has 0 aromatic heterocycles. The van der Waals surface area contributed by atoms with Crippen LogP contribution in [0.1, 0.15) is 15.9 Å². The van der Waals surface area contributed by atoms with E-state index in [1.165, 1.54) is 25.1 Å². The van der Waals surface area contributed by atoms with Crippen molar-refractivity contribution >= 4 is 33.2 Å². The predicted octanol–water partition coefficient (Wildman–Crippen LogP) is 2.00. The van der Waals surface area contributed by atoms with E-state index < -0.39 is 10.0 Å². The van der Waals surface area contributed by atoms with E-state index in [1.54, 1.807) is 57.4 Å². The summed E-state index contributed by atoms with van der Waals surface area (Å²) in [6.45, 7) is 1.68. The third-order valence-corrected chi connectivity index (χ3v) is 6.18. The lowest BCUT2D eigenvalue weighted by molar-refractivity contribution is -0.114. The summed E-state index contributed by atoms with van der Waals surface area (Å²) in [5.41, 5.74) is 2.24. The summed E-state index contributed by atoms with van der Waals surface area (Å²) in [4.78, 5) is 25.7. The van der Waals surface area contributed by atoms with Gasteiger partial charge in [0.15, 0.2) is 0 Å². The molecule has 156 valence electrons. The maximum Gasteiger partial charge on any atom is 0.253 e. The van der Waals surface area contributed by atoms with Gasteiger partial charge in [0.1, 0.15) is 0 Å². The van der Waals surface area contributed by atoms with Gasteiger partial charge in [0.05, 0.1) is 11.4 Å². The SMILES string of the molecule is Cc1ccc(NCC(=O)Nc2ccc(C(=O)N(C)C)cc2)cc1S(=O)(=O)N(C)C. The van der Waals surface area contributed by atoms with Crippen LogP contribution in [0.25, 0.3) is 0 Å². The van der Waals surface area contributed by atoms with Crippen LogP contribution in [0.5, 0.6) is 0 Å². The van der Waals surface area contributed by atoms with Crippen molar-refractivity contribution < 1.29 is 18.0 Å². The van der Waals surface area contributed by atoms with Crippen LogP contribution < -0.4 is 10.6 Å². The quantitative estimate of drug-likeness (QED) is 0.717. The fourth-order valence-electron chi connectivity index (χ4n) is 2.53. The van der Waals surface area contributed by atoms with Gasteiger partial charge in [0, 0.05) is 45.1 Å². The van der Waals surface area contributed by atoms with E-state index in [2.05, 4.69) is 10.6 Å². The Balaban J connectivity index is 2.02. The first-order valence-electron chi connectivity index (χ1n) is 8.91. The Morgan fingerprint density at radius 1 is 0.931 bits per heavy atom. The molecule has 9 heteroatoms. The number of nitrogens with one attached hydrogen (secondary N) is 2. The van der Waals surface area contributed by atoms with Gasteiger partial charge in [-0.05, 0) is 48.9 Å². The molecular formula is C20H26N4O4S. The van der Waals surface area contributed by atoms with Crippen LogP contribution in [0.2, 0.25) is 0 Å². The van der Waals surface area contributed by atoms with Crippen LogP contribution in [-0.2, 0) is 14.8 Å². The Bertz CT molecular complexity index is 1000. The number of benzene rings is 2. The van der Waals surface area contributed by atoms with Gasteiger partial charge < -0.3 is 15.5 Å². The van der Waals surface area contributed by atoms with E-state index >= 15 is 0 Å². The Labute approximate surface area is 171 Å². The molecule has 0 aliphatic rings. The van der Waals surface area contributed by atoms with Crippen LogP contribution in [0, 0.1) is 6.92 Å². The largest absolute Gasteiger partial charge is 0.376 e. The zero-order valence-electron chi connectivity index (χ0n) is 17.2. The highest BCUT2D eigenvalue weighted by molar-refractivity contribution is 7.89. The molecule has 2 amide bonds. The number of carbonyl (C=O) groups is 2. The van der Waals surface area contributed by atoms with Crippen LogP contribution >= 0.6 is 0 Å². The number of hydrogen-bond acceptors (Lipinski definition) is 5. The van der Waals surface area contributed by atoms with E-state index in [0.29, 0.717) is 22.5 Å². The number of hydrogen-bond donors (Lipinski definition) is 2. The smallest absolute Gasteiger partial charge is 0.253 e. The van der Waals surface area contributed by atoms with Gasteiger partial charge in [-0.1, -0.05) is 6.07 Å². The van der Waals surface area contributed by atoms with E-state index in [9.17, 15) is 18.0 Å². The molecule has 0 spiro atoms. The number of aryl methyl sites for hydroxylation is 1. The van der Waals surface area contributed by atoms with Gasteiger partial charge in [0.25, 0.3) is 5.91 Å². The maximum atomic E-state index is 12.4. The summed E-state index contributed by atoms with van der Waals surface area (Å²) in [7, 11) is 2.71. The van der Waals surface area contributed by atoms with E-state index in [-0.39, 0.29) is 23.3 Å². The first kappa shape index (κ1) is 22.4. The second-order valence-corrected chi connectivity index (χ2v) is 9.07. The first-order chi connectivity index (χ1) is 13.5. The number of nitrogens with zero attached hydrogens (tertiary/aromatic N) is 2. The molecule has 0 bridgehead atoms. The van der Waals surface area contributed by atoms with Gasteiger partial charge in [-0.15, -0.1) is 0 Å². The molecular weight excluding hydrogens is 392 g/mol. The van der Waals surface area contributed by atoms with Gasteiger partial charge in [-0.3, -0.25) is 9.59 Å². The summed E-state index contributed by atoms with van der Waals surface area (Å²) >= 11 is 0. The van der Waals surface area contributed by atoms with Crippen LogP contribution in [-0.4, -0.2) is 64.2 Å². The molecule has 29 heavy (non-hydrogen) atoms. The topological polar surface area (TPSA) is 98.8 Å². The molecule has 0 radical (unpaired) electrons. The maximum absolute atomic E-state index is 12.4. The van der Waals surface area contributed by atoms with Crippen molar-refractivity contribution in [3.05, 3.63) is 53.6 Å². The van der Waals surface area contributed by atoms with Gasteiger partial charge >= 0.3 is 0 Å². The number of rotatable bonds is 7. The highest BCUT2D eigenvalue weighted by atomic mass is 32.2. The van der Waals surface area contributed by atoms with Crippen molar-refractivity contribution in [1.29, 1.82) is 0 Å². The standard InChI is InChI=1S/C20H26N4O4S/c1-14-6-9-17(12-18(14)29(27,28)24(4)5)21-13-19(25)22-16-10-7-15(8-11-16)20(26)23(2)3/h6-12,21H,13H2,1-5H3,(H,22,25). The predicted molar refractivity (Wildman–Crippen MR) is 114 cm³/mol. The average molecular weight is 419 g/mol. The molecule has 0 saturated heterocycles. The Kier molecular flexibility index (Phi) is 6.99. The minimum absolute atomic E-state index is 0.0388. The Morgan fingerprint density at radius 3 is 2.07 bits per heavy atom. The van der Waals surface area contributed by atoms with Gasteiger partial charge in [0.2, 0.25) is 15.9 Å². The highest BCUT2D eigenvalue weighted by Crippen LogP contribution is 2.22. The van der Waals surface area contributed by atoms with E-state index in [1.807, 2.05) is 0 Å². The lowest BCUT2D eigenvalue weighted by atomic mass is 10.2. The molecule has 0 unspecified atom stereocenters. The molecule has 2 aromatic rings. The molecule has 8 nitrogen and oxygen atoms in total. The van der Waals surface area contributed by atoms with Crippen molar-refractivity contribution in [2.24, 2.45) is 0 Å². The lowest BCUT2D eigenvalue weighted by Crippen LogP contribution is -2.24. The molecule has 0 aliphatic carbocycles. The zero-order chi connectivity index (χ0) is 21.8. The monoisotopic (exact) mass is 418 g/mol. The number of sulfonamides is 1.